The Bertz CT molecular complexity index is 378. The quantitative estimate of drug-likeness (QED) is 0.890. The van der Waals surface area contributed by atoms with Crippen LogP contribution < -0.4 is 5.32 Å². The van der Waals surface area contributed by atoms with Crippen molar-refractivity contribution in [1.82, 2.24) is 10.2 Å². The fraction of sp³-hybridized carbons (Fsp3) is 0.571. The van der Waals surface area contributed by atoms with Crippen molar-refractivity contribution in [1.29, 1.82) is 0 Å². The fourth-order valence-electron chi connectivity index (χ4n) is 2.44. The summed E-state index contributed by atoms with van der Waals surface area (Å²) in [5.74, 6) is 0. The molecule has 0 saturated carbocycles. The van der Waals surface area contributed by atoms with Crippen molar-refractivity contribution in [3.63, 3.8) is 0 Å². The van der Waals surface area contributed by atoms with Crippen LogP contribution in [-0.4, -0.2) is 31.1 Å². The Balaban J connectivity index is 1.88. The molecule has 1 aliphatic heterocycles. The van der Waals surface area contributed by atoms with Gasteiger partial charge in [-0.15, -0.1) is 0 Å². The van der Waals surface area contributed by atoms with Crippen molar-refractivity contribution in [2.24, 2.45) is 0 Å². The molecule has 2 nitrogen and oxygen atoms in total. The summed E-state index contributed by atoms with van der Waals surface area (Å²) in [6.07, 6.45) is 2.59. The van der Waals surface area contributed by atoms with Gasteiger partial charge in [0, 0.05) is 24.2 Å². The van der Waals surface area contributed by atoms with Gasteiger partial charge in [-0.1, -0.05) is 17.7 Å². The van der Waals surface area contributed by atoms with Crippen molar-refractivity contribution in [3.05, 3.63) is 34.3 Å². The number of likely N-dealkylation sites (tertiary alicyclic amines) is 1. The average Bonchev–Trinajstić information content (AvgIpc) is 2.28. The molecule has 0 radical (unpaired) electrons. The van der Waals surface area contributed by atoms with Gasteiger partial charge in [-0.05, 0) is 56.6 Å². The highest BCUT2D eigenvalue weighted by Gasteiger charge is 2.16. The number of likely N-dealkylation sites (N-methyl/N-ethyl adjacent to an activating group) is 1. The highest BCUT2D eigenvalue weighted by Crippen LogP contribution is 2.16. The Labute approximate surface area is 109 Å². The molecule has 94 valence electrons. The normalized spacial score (nSPS) is 21.7. The first-order valence-electron chi connectivity index (χ1n) is 6.32. The monoisotopic (exact) mass is 252 g/mol. The average molecular weight is 253 g/mol. The molecule has 0 bridgehead atoms. The second-order valence-corrected chi connectivity index (χ2v) is 5.49. The molecule has 1 aromatic rings. The third kappa shape index (κ3) is 3.70. The van der Waals surface area contributed by atoms with Gasteiger partial charge in [-0.25, -0.2) is 0 Å². The van der Waals surface area contributed by atoms with Crippen LogP contribution in [0.25, 0.3) is 0 Å². The van der Waals surface area contributed by atoms with Crippen LogP contribution >= 0.6 is 11.6 Å². The topological polar surface area (TPSA) is 15.3 Å². The van der Waals surface area contributed by atoms with Gasteiger partial charge >= 0.3 is 0 Å². The van der Waals surface area contributed by atoms with E-state index in [1.165, 1.54) is 30.5 Å². The highest BCUT2D eigenvalue weighted by molar-refractivity contribution is 6.30. The molecule has 17 heavy (non-hydrogen) atoms. The van der Waals surface area contributed by atoms with E-state index in [0.717, 1.165) is 18.1 Å². The largest absolute Gasteiger partial charge is 0.309 e. The Morgan fingerprint density at radius 2 is 2.29 bits per heavy atom. The van der Waals surface area contributed by atoms with E-state index >= 15 is 0 Å². The van der Waals surface area contributed by atoms with Crippen LogP contribution in [0.4, 0.5) is 0 Å². The molecule has 1 heterocycles. The predicted molar refractivity (Wildman–Crippen MR) is 73.5 cm³/mol. The lowest BCUT2D eigenvalue weighted by Gasteiger charge is -2.30. The number of hydrogen-bond acceptors (Lipinski definition) is 2. The molecule has 1 atom stereocenters. The van der Waals surface area contributed by atoms with Gasteiger partial charge in [0.15, 0.2) is 0 Å². The van der Waals surface area contributed by atoms with Crippen LogP contribution in [0.15, 0.2) is 18.2 Å². The second kappa shape index (κ2) is 5.85. The number of nitrogens with one attached hydrogen (secondary N) is 1. The van der Waals surface area contributed by atoms with Gasteiger partial charge in [0.05, 0.1) is 0 Å². The van der Waals surface area contributed by atoms with E-state index in [0.29, 0.717) is 6.04 Å². The molecular weight excluding hydrogens is 232 g/mol. The van der Waals surface area contributed by atoms with E-state index in [4.69, 9.17) is 11.6 Å². The molecule has 1 unspecified atom stereocenters. The first kappa shape index (κ1) is 12.9. The maximum absolute atomic E-state index is 5.96. The lowest BCUT2D eigenvalue weighted by Crippen LogP contribution is -2.43. The lowest BCUT2D eigenvalue weighted by molar-refractivity contribution is 0.226. The van der Waals surface area contributed by atoms with Crippen LogP contribution in [-0.2, 0) is 6.54 Å². The molecule has 1 fully saturated rings. The Hall–Kier alpha value is -0.570. The Kier molecular flexibility index (Phi) is 4.43. The highest BCUT2D eigenvalue weighted by atomic mass is 35.5. The molecule has 0 aliphatic carbocycles. The van der Waals surface area contributed by atoms with E-state index < -0.39 is 0 Å². The molecule has 0 aromatic heterocycles. The number of piperidine rings is 1. The summed E-state index contributed by atoms with van der Waals surface area (Å²) in [6, 6.07) is 6.75. The van der Waals surface area contributed by atoms with Crippen LogP contribution in [0.3, 0.4) is 0 Å². The lowest BCUT2D eigenvalue weighted by atomic mass is 10.0. The number of hydrogen-bond donors (Lipinski definition) is 1. The minimum atomic E-state index is 0.629. The van der Waals surface area contributed by atoms with E-state index in [2.05, 4.69) is 30.3 Å². The number of benzene rings is 1. The summed E-state index contributed by atoms with van der Waals surface area (Å²) in [6.45, 7) is 5.46. The van der Waals surface area contributed by atoms with Crippen molar-refractivity contribution in [3.8, 4) is 0 Å². The SMILES string of the molecule is Cc1cc(Cl)ccc1CNC1CCCN(C)C1. The van der Waals surface area contributed by atoms with E-state index in [1.807, 2.05) is 12.1 Å². The Morgan fingerprint density at radius 3 is 3.00 bits per heavy atom. The van der Waals surface area contributed by atoms with Gasteiger partial charge in [0.25, 0.3) is 0 Å². The molecule has 3 heteroatoms. The summed E-state index contributed by atoms with van der Waals surface area (Å²) in [5, 5.41) is 4.47. The zero-order valence-corrected chi connectivity index (χ0v) is 11.4. The summed E-state index contributed by atoms with van der Waals surface area (Å²) < 4.78 is 0. The van der Waals surface area contributed by atoms with Crippen molar-refractivity contribution < 1.29 is 0 Å². The van der Waals surface area contributed by atoms with Crippen molar-refractivity contribution >= 4 is 11.6 Å². The maximum Gasteiger partial charge on any atom is 0.0408 e. The zero-order chi connectivity index (χ0) is 12.3. The van der Waals surface area contributed by atoms with E-state index in [1.54, 1.807) is 0 Å². The zero-order valence-electron chi connectivity index (χ0n) is 10.7. The van der Waals surface area contributed by atoms with Crippen LogP contribution in [0.2, 0.25) is 5.02 Å². The van der Waals surface area contributed by atoms with Crippen molar-refractivity contribution in [2.45, 2.75) is 32.4 Å². The minimum Gasteiger partial charge on any atom is -0.309 e. The Morgan fingerprint density at radius 1 is 1.47 bits per heavy atom. The number of aryl methyl sites for hydroxylation is 1. The standard InChI is InChI=1S/C14H21ClN2/c1-11-8-13(15)6-5-12(11)9-16-14-4-3-7-17(2)10-14/h5-6,8,14,16H,3-4,7,9-10H2,1-2H3. The van der Waals surface area contributed by atoms with Gasteiger partial charge in [0.2, 0.25) is 0 Å². The molecule has 1 aliphatic rings. The van der Waals surface area contributed by atoms with Gasteiger partial charge in [-0.3, -0.25) is 0 Å². The fourth-order valence-corrected chi connectivity index (χ4v) is 2.67. The summed E-state index contributed by atoms with van der Waals surface area (Å²) in [7, 11) is 2.20. The van der Waals surface area contributed by atoms with Gasteiger partial charge < -0.3 is 10.2 Å². The summed E-state index contributed by atoms with van der Waals surface area (Å²) in [4.78, 5) is 2.40. The third-order valence-electron chi connectivity index (χ3n) is 3.51. The number of nitrogens with zero attached hydrogens (tertiary/aromatic N) is 1. The first-order valence-corrected chi connectivity index (χ1v) is 6.70. The molecule has 2 rings (SSSR count). The molecular formula is C14H21ClN2. The van der Waals surface area contributed by atoms with E-state index in [-0.39, 0.29) is 0 Å². The molecule has 1 saturated heterocycles. The third-order valence-corrected chi connectivity index (χ3v) is 3.75. The molecule has 0 amide bonds. The summed E-state index contributed by atoms with van der Waals surface area (Å²) >= 11 is 5.96. The summed E-state index contributed by atoms with van der Waals surface area (Å²) in [5.41, 5.74) is 2.62. The molecule has 0 spiro atoms. The second-order valence-electron chi connectivity index (χ2n) is 5.05. The maximum atomic E-state index is 5.96. The van der Waals surface area contributed by atoms with Crippen molar-refractivity contribution in [2.75, 3.05) is 20.1 Å². The van der Waals surface area contributed by atoms with E-state index in [9.17, 15) is 0 Å². The molecule has 1 N–H and O–H groups in total. The van der Waals surface area contributed by atoms with Crippen LogP contribution in [0.5, 0.6) is 0 Å². The smallest absolute Gasteiger partial charge is 0.0408 e. The minimum absolute atomic E-state index is 0.629. The predicted octanol–water partition coefficient (Wildman–Crippen LogP) is 2.83. The van der Waals surface area contributed by atoms with Gasteiger partial charge in [-0.2, -0.15) is 0 Å². The number of rotatable bonds is 3. The van der Waals surface area contributed by atoms with Crippen LogP contribution in [0, 0.1) is 6.92 Å². The molecule has 1 aromatic carbocycles. The first-order chi connectivity index (χ1) is 8.15. The number of halogens is 1. The van der Waals surface area contributed by atoms with Crippen LogP contribution in [0.1, 0.15) is 24.0 Å². The van der Waals surface area contributed by atoms with Gasteiger partial charge in [0.1, 0.15) is 0 Å².